The molecule has 7 nitrogen and oxygen atoms in total. The van der Waals surface area contributed by atoms with Crippen molar-refractivity contribution in [1.82, 2.24) is 19.4 Å². The number of ether oxygens (including phenoxy) is 1. The van der Waals surface area contributed by atoms with Crippen LogP contribution in [0.3, 0.4) is 0 Å². The van der Waals surface area contributed by atoms with Crippen molar-refractivity contribution in [2.75, 3.05) is 51.8 Å². The molecule has 1 fully saturated rings. The van der Waals surface area contributed by atoms with E-state index in [1.807, 2.05) is 43.3 Å². The number of fused-ring (bicyclic) bond motifs is 1. The number of rotatable bonds is 6. The van der Waals surface area contributed by atoms with Gasteiger partial charge in [-0.2, -0.15) is 0 Å². The molecule has 1 aromatic carbocycles. The smallest absolute Gasteiger partial charge is 0.251 e. The first-order valence-corrected chi connectivity index (χ1v) is 12.5. The van der Waals surface area contributed by atoms with Crippen LogP contribution in [-0.4, -0.2) is 66.4 Å². The second-order valence-electron chi connectivity index (χ2n) is 9.51. The number of morpholine rings is 1. The van der Waals surface area contributed by atoms with Gasteiger partial charge in [0.25, 0.3) is 5.56 Å². The molecular formula is C27H32N5O2P. The van der Waals surface area contributed by atoms with E-state index in [0.717, 1.165) is 71.6 Å². The van der Waals surface area contributed by atoms with E-state index in [0.29, 0.717) is 0 Å². The predicted octanol–water partition coefficient (Wildman–Crippen LogP) is 3.19. The summed E-state index contributed by atoms with van der Waals surface area (Å²) in [4.78, 5) is 25.7. The molecule has 3 aromatic heterocycles. The average molecular weight is 490 g/mol. The molecule has 2 atom stereocenters. The summed E-state index contributed by atoms with van der Waals surface area (Å²) in [5.74, 6) is 0. The van der Waals surface area contributed by atoms with E-state index in [1.54, 1.807) is 6.07 Å². The Kier molecular flexibility index (Phi) is 6.74. The number of nitrogens with one attached hydrogen (secondary N) is 1. The third-order valence-electron chi connectivity index (χ3n) is 6.53. The lowest BCUT2D eigenvalue weighted by Crippen LogP contribution is -2.36. The highest BCUT2D eigenvalue weighted by molar-refractivity contribution is 7.27. The van der Waals surface area contributed by atoms with Crippen LogP contribution in [0, 0.1) is 6.92 Å². The van der Waals surface area contributed by atoms with Crippen LogP contribution >= 0.6 is 9.24 Å². The van der Waals surface area contributed by atoms with E-state index in [4.69, 9.17) is 4.74 Å². The molecule has 0 aliphatic carbocycles. The van der Waals surface area contributed by atoms with Gasteiger partial charge in [0.1, 0.15) is 5.65 Å². The molecule has 1 aliphatic heterocycles. The van der Waals surface area contributed by atoms with Crippen LogP contribution in [0.25, 0.3) is 22.2 Å². The Morgan fingerprint density at radius 3 is 2.69 bits per heavy atom. The van der Waals surface area contributed by atoms with E-state index in [9.17, 15) is 4.79 Å². The average Bonchev–Trinajstić information content (AvgIpc) is 3.26. The number of hydrogen-bond donors (Lipinski definition) is 1. The lowest BCUT2D eigenvalue weighted by Gasteiger charge is -2.28. The predicted molar refractivity (Wildman–Crippen MR) is 146 cm³/mol. The van der Waals surface area contributed by atoms with Crippen molar-refractivity contribution in [3.05, 3.63) is 76.5 Å². The molecule has 5 rings (SSSR count). The molecule has 1 saturated heterocycles. The summed E-state index contributed by atoms with van der Waals surface area (Å²) in [6.07, 6.45) is 5.77. The van der Waals surface area contributed by atoms with E-state index in [2.05, 4.69) is 60.2 Å². The third-order valence-corrected chi connectivity index (χ3v) is 6.87. The Labute approximate surface area is 207 Å². The van der Waals surface area contributed by atoms with Gasteiger partial charge in [0.2, 0.25) is 0 Å². The zero-order valence-corrected chi connectivity index (χ0v) is 21.6. The second-order valence-corrected chi connectivity index (χ2v) is 10.2. The Hall–Kier alpha value is -2.99. The summed E-state index contributed by atoms with van der Waals surface area (Å²) >= 11 is 0. The number of aromatic nitrogens is 3. The quantitative estimate of drug-likeness (QED) is 0.422. The molecule has 0 radical (unpaired) electrons. The van der Waals surface area contributed by atoms with Gasteiger partial charge < -0.3 is 24.1 Å². The zero-order valence-electron chi connectivity index (χ0n) is 20.5. The lowest BCUT2D eigenvalue weighted by molar-refractivity contribution is 0.122. The molecule has 8 heteroatoms. The molecule has 0 spiro atoms. The first kappa shape index (κ1) is 23.7. The molecule has 4 aromatic rings. The molecule has 0 amide bonds. The van der Waals surface area contributed by atoms with Crippen molar-refractivity contribution in [2.45, 2.75) is 13.0 Å². The molecule has 1 N–H and O–H groups in total. The van der Waals surface area contributed by atoms with Gasteiger partial charge in [-0.1, -0.05) is 17.7 Å². The zero-order chi connectivity index (χ0) is 24.5. The van der Waals surface area contributed by atoms with Gasteiger partial charge in [0, 0.05) is 49.0 Å². The van der Waals surface area contributed by atoms with Crippen LogP contribution in [-0.2, 0) is 4.74 Å². The maximum Gasteiger partial charge on any atom is 0.251 e. The lowest BCUT2D eigenvalue weighted by atomic mass is 10.0. The van der Waals surface area contributed by atoms with Crippen LogP contribution in [0.15, 0.2) is 59.8 Å². The standard InChI is InChI=1S/C27H32N5O2P/c1-18-10-20(12-22(35)11-18)25(17-30(2)3)32-5-4-19(13-26(32)33)24-16-29-27-23(24)14-21(15-28-27)31-6-8-34-9-7-31/h4-5,10-16,25H,6-9,17,35H2,1-3H3,(H,28,29)/t25-/m1/s1. The minimum atomic E-state index is -0.0803. The Balaban J connectivity index is 1.53. The van der Waals surface area contributed by atoms with Crippen LogP contribution in [0.1, 0.15) is 17.2 Å². The van der Waals surface area contributed by atoms with E-state index < -0.39 is 0 Å². The summed E-state index contributed by atoms with van der Waals surface area (Å²) in [6, 6.07) is 12.3. The summed E-state index contributed by atoms with van der Waals surface area (Å²) in [6.45, 7) is 5.98. The summed E-state index contributed by atoms with van der Waals surface area (Å²) < 4.78 is 7.33. The number of likely N-dealkylation sites (N-methyl/N-ethyl adjacent to an activating group) is 1. The number of H-pyrrole nitrogens is 1. The fraction of sp³-hybridized carbons (Fsp3) is 0.333. The van der Waals surface area contributed by atoms with Crippen LogP contribution in [0.2, 0.25) is 0 Å². The second kappa shape index (κ2) is 9.94. The fourth-order valence-electron chi connectivity index (χ4n) is 4.88. The maximum absolute atomic E-state index is 13.4. The Bertz CT molecular complexity index is 1380. The van der Waals surface area contributed by atoms with Crippen molar-refractivity contribution in [1.29, 1.82) is 0 Å². The Morgan fingerprint density at radius 2 is 1.97 bits per heavy atom. The molecule has 0 bridgehead atoms. The van der Waals surface area contributed by atoms with Gasteiger partial charge in [-0.05, 0) is 55.6 Å². The SMILES string of the molecule is Cc1cc(P)cc([C@@H](CN(C)C)n2ccc(-c3c[nH]c4ncc(N5CCOCC5)cc34)cc2=O)c1. The molecular weight excluding hydrogens is 457 g/mol. The molecule has 0 saturated carbocycles. The van der Waals surface area contributed by atoms with Gasteiger partial charge in [0.15, 0.2) is 0 Å². The minimum Gasteiger partial charge on any atom is -0.378 e. The van der Waals surface area contributed by atoms with Gasteiger partial charge in [-0.3, -0.25) is 4.79 Å². The number of benzene rings is 1. The van der Waals surface area contributed by atoms with E-state index in [1.165, 1.54) is 5.56 Å². The van der Waals surface area contributed by atoms with Crippen molar-refractivity contribution in [2.24, 2.45) is 0 Å². The van der Waals surface area contributed by atoms with Gasteiger partial charge in [-0.25, -0.2) is 4.98 Å². The number of pyridine rings is 2. The first-order valence-electron chi connectivity index (χ1n) is 11.9. The van der Waals surface area contributed by atoms with E-state index in [-0.39, 0.29) is 11.6 Å². The summed E-state index contributed by atoms with van der Waals surface area (Å²) in [5.41, 5.74) is 6.06. The van der Waals surface area contributed by atoms with Gasteiger partial charge in [-0.15, -0.1) is 9.24 Å². The highest BCUT2D eigenvalue weighted by atomic mass is 31.0. The van der Waals surface area contributed by atoms with Gasteiger partial charge >= 0.3 is 0 Å². The summed E-state index contributed by atoms with van der Waals surface area (Å²) in [7, 11) is 6.85. The fourth-order valence-corrected chi connectivity index (χ4v) is 5.33. The summed E-state index contributed by atoms with van der Waals surface area (Å²) in [5, 5.41) is 2.14. The first-order chi connectivity index (χ1) is 16.9. The van der Waals surface area contributed by atoms with E-state index >= 15 is 0 Å². The number of anilines is 1. The van der Waals surface area contributed by atoms with Crippen molar-refractivity contribution in [3.63, 3.8) is 0 Å². The third kappa shape index (κ3) is 5.03. The van der Waals surface area contributed by atoms with Crippen LogP contribution in [0.4, 0.5) is 5.69 Å². The topological polar surface area (TPSA) is 66.4 Å². The number of nitrogens with zero attached hydrogens (tertiary/aromatic N) is 4. The minimum absolute atomic E-state index is 0.0206. The molecule has 4 heterocycles. The molecule has 182 valence electrons. The van der Waals surface area contributed by atoms with Crippen molar-refractivity contribution in [3.8, 4) is 11.1 Å². The van der Waals surface area contributed by atoms with Crippen LogP contribution < -0.4 is 15.8 Å². The molecule has 35 heavy (non-hydrogen) atoms. The highest BCUT2D eigenvalue weighted by Crippen LogP contribution is 2.30. The highest BCUT2D eigenvalue weighted by Gasteiger charge is 2.19. The van der Waals surface area contributed by atoms with Crippen molar-refractivity contribution >= 4 is 31.3 Å². The maximum atomic E-state index is 13.4. The van der Waals surface area contributed by atoms with Gasteiger partial charge in [0.05, 0.1) is 31.1 Å². The normalized spacial score (nSPS) is 15.2. The molecule has 1 unspecified atom stereocenters. The Morgan fingerprint density at radius 1 is 1.17 bits per heavy atom. The number of hydrogen-bond acceptors (Lipinski definition) is 5. The number of aryl methyl sites for hydroxylation is 1. The van der Waals surface area contributed by atoms with Crippen LogP contribution in [0.5, 0.6) is 0 Å². The largest absolute Gasteiger partial charge is 0.378 e. The number of aromatic amines is 1. The van der Waals surface area contributed by atoms with Crippen molar-refractivity contribution < 1.29 is 4.74 Å². The molecule has 1 aliphatic rings. The monoisotopic (exact) mass is 489 g/mol.